The maximum atomic E-state index is 12.9. The molecule has 0 unspecified atom stereocenters. The number of rotatable bonds is 14. The van der Waals surface area contributed by atoms with Gasteiger partial charge in [0.05, 0.1) is 17.6 Å². The van der Waals surface area contributed by atoms with Gasteiger partial charge in [-0.15, -0.1) is 0 Å². The van der Waals surface area contributed by atoms with Gasteiger partial charge in [0.25, 0.3) is 0 Å². The zero-order valence-corrected chi connectivity index (χ0v) is 21.7. The lowest BCUT2D eigenvalue weighted by molar-refractivity contribution is 0.0156. The van der Waals surface area contributed by atoms with Crippen molar-refractivity contribution < 1.29 is 17.9 Å². The van der Waals surface area contributed by atoms with Crippen molar-refractivity contribution in [1.82, 2.24) is 9.21 Å². The summed E-state index contributed by atoms with van der Waals surface area (Å²) < 4.78 is 39.4. The summed E-state index contributed by atoms with van der Waals surface area (Å²) >= 11 is 3.36. The normalized spacial score (nSPS) is 19.9. The number of nitrogens with zero attached hydrogens (tertiary/aromatic N) is 2. The average molecular weight is 520 g/mol. The molecule has 178 valence electrons. The minimum atomic E-state index is -3.45. The molecule has 6 nitrogen and oxygen atoms in total. The van der Waals surface area contributed by atoms with E-state index in [4.69, 9.17) is 9.47 Å². The van der Waals surface area contributed by atoms with E-state index in [-0.39, 0.29) is 12.1 Å². The van der Waals surface area contributed by atoms with Crippen molar-refractivity contribution in [3.05, 3.63) is 28.7 Å². The molecular formula is C23H39BrN2O4S. The van der Waals surface area contributed by atoms with Crippen LogP contribution in [0, 0.1) is 0 Å². The first-order chi connectivity index (χ1) is 14.8. The van der Waals surface area contributed by atoms with Gasteiger partial charge in [-0.05, 0) is 76.4 Å². The van der Waals surface area contributed by atoms with E-state index in [2.05, 4.69) is 27.9 Å². The Morgan fingerprint density at radius 3 is 2.23 bits per heavy atom. The van der Waals surface area contributed by atoms with Crippen LogP contribution >= 0.6 is 15.9 Å². The molecule has 0 bridgehead atoms. The Morgan fingerprint density at radius 2 is 1.58 bits per heavy atom. The summed E-state index contributed by atoms with van der Waals surface area (Å²) in [5, 5.41) is 0. The number of hydrogen-bond donors (Lipinski definition) is 0. The molecular weight excluding hydrogens is 480 g/mol. The third-order valence-electron chi connectivity index (χ3n) is 6.11. The molecule has 1 fully saturated rings. The Kier molecular flexibility index (Phi) is 12.0. The fourth-order valence-corrected chi connectivity index (χ4v) is 5.67. The quantitative estimate of drug-likeness (QED) is 0.338. The summed E-state index contributed by atoms with van der Waals surface area (Å²) in [6, 6.07) is 6.89. The maximum Gasteiger partial charge on any atom is 0.243 e. The molecule has 1 aliphatic rings. The molecule has 2 rings (SSSR count). The summed E-state index contributed by atoms with van der Waals surface area (Å²) in [4.78, 5) is 2.66. The number of likely N-dealkylation sites (N-methyl/N-ethyl adjacent to an activating group) is 1. The van der Waals surface area contributed by atoms with Crippen molar-refractivity contribution in [2.24, 2.45) is 0 Å². The maximum absolute atomic E-state index is 12.9. The summed E-state index contributed by atoms with van der Waals surface area (Å²) in [5.41, 5.74) is 0. The van der Waals surface area contributed by atoms with Crippen LogP contribution in [-0.4, -0.2) is 77.3 Å². The number of unbranched alkanes of at least 4 members (excludes halogenated alkanes) is 3. The third-order valence-corrected chi connectivity index (χ3v) is 8.57. The highest BCUT2D eigenvalue weighted by molar-refractivity contribution is 9.10. The number of halogens is 1. The van der Waals surface area contributed by atoms with Crippen LogP contribution in [0.25, 0.3) is 0 Å². The molecule has 31 heavy (non-hydrogen) atoms. The lowest BCUT2D eigenvalue weighted by Gasteiger charge is -2.34. The molecule has 0 amide bonds. The fourth-order valence-electron chi connectivity index (χ4n) is 3.99. The molecule has 0 atom stereocenters. The van der Waals surface area contributed by atoms with Crippen molar-refractivity contribution in [1.29, 1.82) is 0 Å². The van der Waals surface area contributed by atoms with Crippen molar-refractivity contribution in [2.45, 2.75) is 68.4 Å². The predicted octanol–water partition coefficient (Wildman–Crippen LogP) is 4.54. The Hall–Kier alpha value is -0.510. The van der Waals surface area contributed by atoms with E-state index in [1.165, 1.54) is 19.3 Å². The number of benzene rings is 1. The standard InChI is InChI=1S/C23H39BrN2O4S/c1-25(17-19-29-3)16-6-4-5-7-18-30-22-12-10-21(11-13-22)26(2)31(27,28)23-14-8-20(24)9-15-23/h8-9,14-15,21-22H,4-7,10-13,16-19H2,1-3H3/t21-,22-. The van der Waals surface area contributed by atoms with Crippen molar-refractivity contribution in [3.8, 4) is 0 Å². The van der Waals surface area contributed by atoms with Crippen LogP contribution in [0.15, 0.2) is 33.6 Å². The molecule has 0 aliphatic heterocycles. The Balaban J connectivity index is 1.60. The highest BCUT2D eigenvalue weighted by Gasteiger charge is 2.31. The van der Waals surface area contributed by atoms with Gasteiger partial charge in [-0.1, -0.05) is 28.8 Å². The Bertz CT molecular complexity index is 722. The first-order valence-corrected chi connectivity index (χ1v) is 13.6. The second-order valence-electron chi connectivity index (χ2n) is 8.49. The van der Waals surface area contributed by atoms with Crippen LogP contribution in [0.4, 0.5) is 0 Å². The van der Waals surface area contributed by atoms with E-state index in [0.717, 1.165) is 62.9 Å². The van der Waals surface area contributed by atoms with E-state index in [0.29, 0.717) is 4.90 Å². The highest BCUT2D eigenvalue weighted by atomic mass is 79.9. The molecule has 0 radical (unpaired) electrons. The van der Waals surface area contributed by atoms with Gasteiger partial charge in [0.15, 0.2) is 0 Å². The van der Waals surface area contributed by atoms with Crippen LogP contribution < -0.4 is 0 Å². The topological polar surface area (TPSA) is 59.1 Å². The number of hydrogen-bond acceptors (Lipinski definition) is 5. The molecule has 0 aromatic heterocycles. The first kappa shape index (κ1) is 26.7. The largest absolute Gasteiger partial charge is 0.383 e. The zero-order valence-electron chi connectivity index (χ0n) is 19.3. The molecule has 0 N–H and O–H groups in total. The van der Waals surface area contributed by atoms with Crippen LogP contribution in [0.3, 0.4) is 0 Å². The van der Waals surface area contributed by atoms with E-state index in [1.54, 1.807) is 42.7 Å². The molecule has 1 aromatic rings. The van der Waals surface area contributed by atoms with Gasteiger partial charge in [-0.2, -0.15) is 4.31 Å². The smallest absolute Gasteiger partial charge is 0.243 e. The van der Waals surface area contributed by atoms with Gasteiger partial charge in [0.1, 0.15) is 0 Å². The van der Waals surface area contributed by atoms with Gasteiger partial charge in [-0.3, -0.25) is 0 Å². The lowest BCUT2D eigenvalue weighted by Crippen LogP contribution is -2.40. The van der Waals surface area contributed by atoms with Gasteiger partial charge in [-0.25, -0.2) is 8.42 Å². The van der Waals surface area contributed by atoms with E-state index < -0.39 is 10.0 Å². The van der Waals surface area contributed by atoms with Crippen LogP contribution in [0.5, 0.6) is 0 Å². The van der Waals surface area contributed by atoms with E-state index >= 15 is 0 Å². The van der Waals surface area contributed by atoms with Crippen LogP contribution in [0.2, 0.25) is 0 Å². The number of ether oxygens (including phenoxy) is 2. The number of sulfonamides is 1. The zero-order chi connectivity index (χ0) is 22.7. The number of methoxy groups -OCH3 is 1. The summed E-state index contributed by atoms with van der Waals surface area (Å²) in [6.07, 6.45) is 8.55. The summed E-state index contributed by atoms with van der Waals surface area (Å²) in [6.45, 7) is 3.70. The Morgan fingerprint density at radius 1 is 0.935 bits per heavy atom. The predicted molar refractivity (Wildman–Crippen MR) is 129 cm³/mol. The second kappa shape index (κ2) is 13.9. The third kappa shape index (κ3) is 9.10. The second-order valence-corrected chi connectivity index (χ2v) is 11.4. The van der Waals surface area contributed by atoms with Gasteiger partial charge in [0, 0.05) is 37.8 Å². The van der Waals surface area contributed by atoms with E-state index in [9.17, 15) is 8.42 Å². The van der Waals surface area contributed by atoms with Crippen LogP contribution in [-0.2, 0) is 19.5 Å². The average Bonchev–Trinajstić information content (AvgIpc) is 2.77. The van der Waals surface area contributed by atoms with Gasteiger partial charge in [0.2, 0.25) is 10.0 Å². The first-order valence-electron chi connectivity index (χ1n) is 11.4. The molecule has 0 spiro atoms. The monoisotopic (exact) mass is 518 g/mol. The molecule has 0 heterocycles. The van der Waals surface area contributed by atoms with E-state index in [1.807, 2.05) is 0 Å². The molecule has 1 saturated carbocycles. The molecule has 1 aliphatic carbocycles. The van der Waals surface area contributed by atoms with Gasteiger partial charge >= 0.3 is 0 Å². The molecule has 0 saturated heterocycles. The molecule has 1 aromatic carbocycles. The SMILES string of the molecule is COCCN(C)CCCCCCO[C@H]1CC[C@H](N(C)S(=O)(=O)c2ccc(Br)cc2)CC1. The highest BCUT2D eigenvalue weighted by Crippen LogP contribution is 2.28. The van der Waals surface area contributed by atoms with Crippen molar-refractivity contribution in [3.63, 3.8) is 0 Å². The molecule has 8 heteroatoms. The Labute approximate surface area is 197 Å². The minimum Gasteiger partial charge on any atom is -0.383 e. The summed E-state index contributed by atoms with van der Waals surface area (Å²) in [7, 11) is 2.13. The lowest BCUT2D eigenvalue weighted by atomic mass is 9.93. The van der Waals surface area contributed by atoms with Crippen molar-refractivity contribution >= 4 is 26.0 Å². The van der Waals surface area contributed by atoms with Crippen molar-refractivity contribution in [2.75, 3.05) is 47.5 Å². The summed E-state index contributed by atoms with van der Waals surface area (Å²) in [5.74, 6) is 0. The van der Waals surface area contributed by atoms with Crippen LogP contribution in [0.1, 0.15) is 51.4 Å². The fraction of sp³-hybridized carbons (Fsp3) is 0.739. The minimum absolute atomic E-state index is 0.0450. The van der Waals surface area contributed by atoms with Gasteiger partial charge < -0.3 is 14.4 Å².